The van der Waals surface area contributed by atoms with E-state index in [1.54, 1.807) is 11.3 Å². The zero-order valence-electron chi connectivity index (χ0n) is 11.6. The van der Waals surface area contributed by atoms with Gasteiger partial charge in [0.25, 0.3) is 0 Å². The molecule has 1 fully saturated rings. The van der Waals surface area contributed by atoms with Crippen LogP contribution in [0.2, 0.25) is 0 Å². The van der Waals surface area contributed by atoms with E-state index < -0.39 is 9.84 Å². The maximum Gasteiger partial charge on any atom is 0.151 e. The Morgan fingerprint density at radius 2 is 2.21 bits per heavy atom. The summed E-state index contributed by atoms with van der Waals surface area (Å²) in [5.74, 6) is 0.733. The predicted octanol–water partition coefficient (Wildman–Crippen LogP) is 2.11. The Kier molecular flexibility index (Phi) is 4.97. The zero-order valence-corrected chi connectivity index (χ0v) is 13.2. The molecule has 0 spiro atoms. The molecule has 108 valence electrons. The molecule has 1 atom stereocenters. The van der Waals surface area contributed by atoms with Crippen LogP contribution in [0.4, 0.5) is 0 Å². The third-order valence-corrected chi connectivity index (χ3v) is 6.43. The predicted molar refractivity (Wildman–Crippen MR) is 79.5 cm³/mol. The molecule has 1 saturated heterocycles. The number of hydrogen-bond acceptors (Lipinski definition) is 5. The van der Waals surface area contributed by atoms with Crippen LogP contribution in [0.1, 0.15) is 48.2 Å². The van der Waals surface area contributed by atoms with E-state index in [9.17, 15) is 8.42 Å². The SMILES string of the molecule is CCCc1nc(C2CCS(=O)(=O)C2)sc1CNCC. The van der Waals surface area contributed by atoms with Crippen molar-refractivity contribution in [2.24, 2.45) is 0 Å². The summed E-state index contributed by atoms with van der Waals surface area (Å²) >= 11 is 1.70. The van der Waals surface area contributed by atoms with Gasteiger partial charge in [-0.05, 0) is 19.4 Å². The second-order valence-electron chi connectivity index (χ2n) is 5.05. The molecule has 0 saturated carbocycles. The molecule has 19 heavy (non-hydrogen) atoms. The maximum atomic E-state index is 11.6. The van der Waals surface area contributed by atoms with Crippen LogP contribution in [0.15, 0.2) is 0 Å². The fraction of sp³-hybridized carbons (Fsp3) is 0.769. The summed E-state index contributed by atoms with van der Waals surface area (Å²) in [5, 5.41) is 4.36. The van der Waals surface area contributed by atoms with Gasteiger partial charge in [-0.1, -0.05) is 20.3 Å². The third-order valence-electron chi connectivity index (χ3n) is 3.40. The van der Waals surface area contributed by atoms with Crippen molar-refractivity contribution in [2.45, 2.75) is 45.6 Å². The minimum atomic E-state index is -2.83. The van der Waals surface area contributed by atoms with Crippen LogP contribution in [-0.2, 0) is 22.8 Å². The Morgan fingerprint density at radius 3 is 2.79 bits per heavy atom. The van der Waals surface area contributed by atoms with Crippen LogP contribution in [0.3, 0.4) is 0 Å². The average Bonchev–Trinajstić information content (AvgIpc) is 2.91. The maximum absolute atomic E-state index is 11.6. The molecule has 2 heterocycles. The second kappa shape index (κ2) is 6.33. The largest absolute Gasteiger partial charge is 0.312 e. The van der Waals surface area contributed by atoms with Crippen LogP contribution < -0.4 is 5.32 Å². The molecule has 0 radical (unpaired) electrons. The zero-order chi connectivity index (χ0) is 13.9. The lowest BCUT2D eigenvalue weighted by Gasteiger charge is -2.01. The summed E-state index contributed by atoms with van der Waals surface area (Å²) in [7, 11) is -2.83. The molecule has 0 bridgehead atoms. The lowest BCUT2D eigenvalue weighted by Crippen LogP contribution is -2.11. The van der Waals surface area contributed by atoms with E-state index >= 15 is 0 Å². The van der Waals surface area contributed by atoms with Gasteiger partial charge in [0.15, 0.2) is 9.84 Å². The van der Waals surface area contributed by atoms with Gasteiger partial charge in [-0.3, -0.25) is 0 Å². The van der Waals surface area contributed by atoms with Gasteiger partial charge in [-0.25, -0.2) is 13.4 Å². The van der Waals surface area contributed by atoms with Crippen molar-refractivity contribution in [2.75, 3.05) is 18.1 Å². The lowest BCUT2D eigenvalue weighted by molar-refractivity contribution is 0.601. The standard InChI is InChI=1S/C13H22N2O2S2/c1-3-5-11-12(8-14-4-2)18-13(15-11)10-6-7-19(16,17)9-10/h10,14H,3-9H2,1-2H3. The van der Waals surface area contributed by atoms with Crippen molar-refractivity contribution in [3.05, 3.63) is 15.6 Å². The smallest absolute Gasteiger partial charge is 0.151 e. The number of rotatable bonds is 6. The lowest BCUT2D eigenvalue weighted by atomic mass is 10.1. The van der Waals surface area contributed by atoms with E-state index in [0.717, 1.165) is 43.1 Å². The van der Waals surface area contributed by atoms with Crippen LogP contribution in [0.5, 0.6) is 0 Å². The summed E-state index contributed by atoms with van der Waals surface area (Å²) < 4.78 is 23.1. The van der Waals surface area contributed by atoms with Crippen molar-refractivity contribution < 1.29 is 8.42 Å². The molecule has 1 N–H and O–H groups in total. The van der Waals surface area contributed by atoms with E-state index in [4.69, 9.17) is 4.98 Å². The van der Waals surface area contributed by atoms with Crippen LogP contribution in [0, 0.1) is 0 Å². The van der Waals surface area contributed by atoms with Crippen LogP contribution in [-0.4, -0.2) is 31.5 Å². The topological polar surface area (TPSA) is 59.1 Å². The first kappa shape index (κ1) is 14.9. The molecule has 6 heteroatoms. The quantitative estimate of drug-likeness (QED) is 0.874. The Morgan fingerprint density at radius 1 is 1.42 bits per heavy atom. The van der Waals surface area contributed by atoms with Crippen molar-refractivity contribution >= 4 is 21.2 Å². The van der Waals surface area contributed by atoms with E-state index in [-0.39, 0.29) is 11.7 Å². The molecule has 1 aromatic heterocycles. The number of hydrogen-bond donors (Lipinski definition) is 1. The molecule has 0 aliphatic carbocycles. The van der Waals surface area contributed by atoms with Crippen molar-refractivity contribution in [1.82, 2.24) is 10.3 Å². The molecular weight excluding hydrogens is 280 g/mol. The molecule has 1 unspecified atom stereocenters. The van der Waals surface area contributed by atoms with E-state index in [1.807, 2.05) is 0 Å². The first-order chi connectivity index (χ1) is 9.05. The Balaban J connectivity index is 2.17. The molecule has 0 aromatic carbocycles. The molecular formula is C13H22N2O2S2. The summed E-state index contributed by atoms with van der Waals surface area (Å²) in [6.45, 7) is 6.03. The summed E-state index contributed by atoms with van der Waals surface area (Å²) in [5.41, 5.74) is 1.16. The van der Waals surface area contributed by atoms with Gasteiger partial charge in [-0.2, -0.15) is 0 Å². The number of aryl methyl sites for hydroxylation is 1. The summed E-state index contributed by atoms with van der Waals surface area (Å²) in [6, 6.07) is 0. The van der Waals surface area contributed by atoms with Gasteiger partial charge < -0.3 is 5.32 Å². The fourth-order valence-corrected chi connectivity index (χ4v) is 5.45. The molecule has 1 aliphatic heterocycles. The Bertz CT molecular complexity index is 523. The Labute approximate surface area is 119 Å². The minimum absolute atomic E-state index is 0.126. The highest BCUT2D eigenvalue weighted by molar-refractivity contribution is 7.91. The molecule has 4 nitrogen and oxygen atoms in total. The third kappa shape index (κ3) is 3.77. The van der Waals surface area contributed by atoms with Crippen LogP contribution in [0.25, 0.3) is 0 Å². The van der Waals surface area contributed by atoms with E-state index in [1.165, 1.54) is 4.88 Å². The highest BCUT2D eigenvalue weighted by atomic mass is 32.2. The number of sulfone groups is 1. The van der Waals surface area contributed by atoms with Crippen molar-refractivity contribution in [3.63, 3.8) is 0 Å². The minimum Gasteiger partial charge on any atom is -0.312 e. The molecule has 1 aliphatic rings. The van der Waals surface area contributed by atoms with Gasteiger partial charge in [0, 0.05) is 17.3 Å². The van der Waals surface area contributed by atoms with Crippen molar-refractivity contribution in [3.8, 4) is 0 Å². The van der Waals surface area contributed by atoms with Crippen molar-refractivity contribution in [1.29, 1.82) is 0 Å². The summed E-state index contributed by atoms with van der Waals surface area (Å²) in [4.78, 5) is 6.00. The first-order valence-electron chi connectivity index (χ1n) is 6.95. The summed E-state index contributed by atoms with van der Waals surface area (Å²) in [6.07, 6.45) is 2.80. The Hall–Kier alpha value is -0.460. The van der Waals surface area contributed by atoms with E-state index in [0.29, 0.717) is 5.75 Å². The highest BCUT2D eigenvalue weighted by Crippen LogP contribution is 2.33. The van der Waals surface area contributed by atoms with Gasteiger partial charge in [0.2, 0.25) is 0 Å². The number of thiazole rings is 1. The molecule has 1 aromatic rings. The van der Waals surface area contributed by atoms with Crippen LogP contribution >= 0.6 is 11.3 Å². The van der Waals surface area contributed by atoms with Gasteiger partial charge in [-0.15, -0.1) is 11.3 Å². The average molecular weight is 302 g/mol. The fourth-order valence-electron chi connectivity index (χ4n) is 2.38. The molecule has 2 rings (SSSR count). The van der Waals surface area contributed by atoms with E-state index in [2.05, 4.69) is 19.2 Å². The number of nitrogens with one attached hydrogen (secondary N) is 1. The number of nitrogens with zero attached hydrogens (tertiary/aromatic N) is 1. The van der Waals surface area contributed by atoms with Gasteiger partial charge in [0.1, 0.15) is 0 Å². The number of aromatic nitrogens is 1. The normalized spacial score (nSPS) is 21.9. The highest BCUT2D eigenvalue weighted by Gasteiger charge is 2.31. The first-order valence-corrected chi connectivity index (χ1v) is 9.59. The van der Waals surface area contributed by atoms with Gasteiger partial charge >= 0.3 is 0 Å². The monoisotopic (exact) mass is 302 g/mol. The van der Waals surface area contributed by atoms with Gasteiger partial charge in [0.05, 0.1) is 22.2 Å². The molecule has 0 amide bonds. The second-order valence-corrected chi connectivity index (χ2v) is 8.40.